The van der Waals surface area contributed by atoms with E-state index in [0.29, 0.717) is 12.0 Å². The van der Waals surface area contributed by atoms with Crippen LogP contribution in [0.3, 0.4) is 0 Å². The number of rotatable bonds is 5. The maximum Gasteiger partial charge on any atom is 0.251 e. The zero-order chi connectivity index (χ0) is 17.0. The lowest BCUT2D eigenvalue weighted by molar-refractivity contribution is 0.0850. The lowest BCUT2D eigenvalue weighted by Crippen LogP contribution is -2.37. The highest BCUT2D eigenvalue weighted by Crippen LogP contribution is 2.20. The Bertz CT molecular complexity index is 707. The maximum absolute atomic E-state index is 13.2. The summed E-state index contributed by atoms with van der Waals surface area (Å²) >= 11 is 0. The summed E-state index contributed by atoms with van der Waals surface area (Å²) in [5.41, 5.74) is 1.47. The third-order valence-electron chi connectivity index (χ3n) is 3.65. The molecule has 1 aromatic heterocycles. The average molecular weight is 320 g/mol. The van der Waals surface area contributed by atoms with E-state index in [1.807, 2.05) is 6.92 Å². The molecule has 0 aliphatic carbocycles. The number of carbonyl (C=O) groups excluding carboxylic acids is 1. The van der Waals surface area contributed by atoms with E-state index in [4.69, 9.17) is 0 Å². The van der Waals surface area contributed by atoms with E-state index in [-0.39, 0.29) is 11.5 Å². The van der Waals surface area contributed by atoms with Crippen molar-refractivity contribution in [3.05, 3.63) is 65.0 Å². The van der Waals surface area contributed by atoms with E-state index < -0.39 is 23.8 Å². The van der Waals surface area contributed by atoms with Crippen molar-refractivity contribution in [2.75, 3.05) is 0 Å². The molecule has 2 unspecified atom stereocenters. The SMILES string of the molecule is CCc1cnccc1C(=O)NC(C)C(O)c1ccc(F)c(F)c1. The van der Waals surface area contributed by atoms with Crippen LogP contribution in [-0.2, 0) is 6.42 Å². The minimum absolute atomic E-state index is 0.196. The molecule has 0 aliphatic heterocycles. The molecule has 2 N–H and O–H groups in total. The number of halogens is 2. The van der Waals surface area contributed by atoms with Crippen LogP contribution < -0.4 is 5.32 Å². The first-order valence-corrected chi connectivity index (χ1v) is 7.30. The van der Waals surface area contributed by atoms with Crippen molar-refractivity contribution < 1.29 is 18.7 Å². The first kappa shape index (κ1) is 17.0. The van der Waals surface area contributed by atoms with Crippen molar-refractivity contribution in [2.24, 2.45) is 0 Å². The molecule has 2 aromatic rings. The minimum atomic E-state index is -1.15. The van der Waals surface area contributed by atoms with E-state index in [1.165, 1.54) is 12.3 Å². The van der Waals surface area contributed by atoms with Gasteiger partial charge < -0.3 is 10.4 Å². The Kier molecular flexibility index (Phi) is 5.39. The predicted molar refractivity (Wildman–Crippen MR) is 81.9 cm³/mol. The second kappa shape index (κ2) is 7.28. The average Bonchev–Trinajstić information content (AvgIpc) is 2.56. The van der Waals surface area contributed by atoms with Gasteiger partial charge in [-0.3, -0.25) is 9.78 Å². The summed E-state index contributed by atoms with van der Waals surface area (Å²) in [6.07, 6.45) is 2.63. The van der Waals surface area contributed by atoms with Gasteiger partial charge in [0.15, 0.2) is 11.6 Å². The maximum atomic E-state index is 13.2. The van der Waals surface area contributed by atoms with Crippen LogP contribution in [0.4, 0.5) is 8.78 Å². The summed E-state index contributed by atoms with van der Waals surface area (Å²) in [6, 6.07) is 4.08. The molecule has 0 spiro atoms. The lowest BCUT2D eigenvalue weighted by Gasteiger charge is -2.21. The van der Waals surface area contributed by atoms with Gasteiger partial charge in [0.2, 0.25) is 0 Å². The molecule has 1 amide bonds. The first-order chi connectivity index (χ1) is 10.9. The Balaban J connectivity index is 2.12. The van der Waals surface area contributed by atoms with Crippen molar-refractivity contribution in [1.82, 2.24) is 10.3 Å². The second-order valence-electron chi connectivity index (χ2n) is 5.27. The van der Waals surface area contributed by atoms with E-state index >= 15 is 0 Å². The highest BCUT2D eigenvalue weighted by Gasteiger charge is 2.21. The van der Waals surface area contributed by atoms with Gasteiger partial charge in [-0.1, -0.05) is 13.0 Å². The monoisotopic (exact) mass is 320 g/mol. The van der Waals surface area contributed by atoms with E-state index in [2.05, 4.69) is 10.3 Å². The zero-order valence-corrected chi connectivity index (χ0v) is 12.9. The van der Waals surface area contributed by atoms with Crippen molar-refractivity contribution in [1.29, 1.82) is 0 Å². The number of aromatic nitrogens is 1. The third kappa shape index (κ3) is 3.90. The molecule has 0 saturated carbocycles. The van der Waals surface area contributed by atoms with Crippen LogP contribution in [0.1, 0.15) is 41.4 Å². The molecule has 0 bridgehead atoms. The Morgan fingerprint density at radius 2 is 2.04 bits per heavy atom. The molecule has 0 fully saturated rings. The summed E-state index contributed by atoms with van der Waals surface area (Å²) in [5.74, 6) is -2.37. The standard InChI is InChI=1S/C17H18F2N2O2/c1-3-11-9-20-7-6-13(11)17(23)21-10(2)16(22)12-4-5-14(18)15(19)8-12/h4-10,16,22H,3H2,1-2H3,(H,21,23). The van der Waals surface area contributed by atoms with Gasteiger partial charge in [-0.25, -0.2) is 8.78 Å². The summed E-state index contributed by atoms with van der Waals surface area (Å²) in [5, 5.41) is 12.9. The van der Waals surface area contributed by atoms with Crippen LogP contribution in [0.15, 0.2) is 36.7 Å². The summed E-state index contributed by atoms with van der Waals surface area (Å²) < 4.78 is 26.2. The fourth-order valence-corrected chi connectivity index (χ4v) is 2.28. The van der Waals surface area contributed by atoms with Crippen LogP contribution in [-0.4, -0.2) is 22.0 Å². The van der Waals surface area contributed by atoms with E-state index in [9.17, 15) is 18.7 Å². The topological polar surface area (TPSA) is 62.2 Å². The van der Waals surface area contributed by atoms with E-state index in [1.54, 1.807) is 19.2 Å². The van der Waals surface area contributed by atoms with Crippen LogP contribution in [0.25, 0.3) is 0 Å². The molecule has 122 valence electrons. The van der Waals surface area contributed by atoms with Crippen LogP contribution in [0.2, 0.25) is 0 Å². The van der Waals surface area contributed by atoms with Crippen molar-refractivity contribution in [2.45, 2.75) is 32.4 Å². The number of nitrogens with one attached hydrogen (secondary N) is 1. The smallest absolute Gasteiger partial charge is 0.251 e. The van der Waals surface area contributed by atoms with Crippen LogP contribution >= 0.6 is 0 Å². The molecule has 4 nitrogen and oxygen atoms in total. The molecule has 2 atom stereocenters. The number of carbonyl (C=O) groups is 1. The molecule has 0 aliphatic rings. The number of pyridine rings is 1. The van der Waals surface area contributed by atoms with Crippen LogP contribution in [0.5, 0.6) is 0 Å². The summed E-state index contributed by atoms with van der Waals surface area (Å²) in [4.78, 5) is 16.3. The molecular formula is C17H18F2N2O2. The number of aryl methyl sites for hydroxylation is 1. The summed E-state index contributed by atoms with van der Waals surface area (Å²) in [6.45, 7) is 3.50. The van der Waals surface area contributed by atoms with Crippen LogP contribution in [0, 0.1) is 11.6 Å². The van der Waals surface area contributed by atoms with Gasteiger partial charge >= 0.3 is 0 Å². The predicted octanol–water partition coefficient (Wildman–Crippen LogP) is 2.77. The molecule has 6 heteroatoms. The second-order valence-corrected chi connectivity index (χ2v) is 5.27. The van der Waals surface area contributed by atoms with Gasteiger partial charge in [0, 0.05) is 18.0 Å². The number of benzene rings is 1. The summed E-state index contributed by atoms with van der Waals surface area (Å²) in [7, 11) is 0. The molecule has 2 rings (SSSR count). The molecule has 0 radical (unpaired) electrons. The fourth-order valence-electron chi connectivity index (χ4n) is 2.28. The van der Waals surface area contributed by atoms with E-state index in [0.717, 1.165) is 17.7 Å². The number of hydrogen-bond donors (Lipinski definition) is 2. The molecule has 23 heavy (non-hydrogen) atoms. The molecular weight excluding hydrogens is 302 g/mol. The third-order valence-corrected chi connectivity index (χ3v) is 3.65. The number of nitrogens with zero attached hydrogens (tertiary/aromatic N) is 1. The highest BCUT2D eigenvalue weighted by molar-refractivity contribution is 5.95. The Morgan fingerprint density at radius 1 is 1.30 bits per heavy atom. The van der Waals surface area contributed by atoms with Gasteiger partial charge in [0.1, 0.15) is 0 Å². The van der Waals surface area contributed by atoms with Crippen molar-refractivity contribution >= 4 is 5.91 Å². The van der Waals surface area contributed by atoms with Gasteiger partial charge in [0.05, 0.1) is 12.1 Å². The van der Waals surface area contributed by atoms with Gasteiger partial charge in [-0.15, -0.1) is 0 Å². The Labute approximate surface area is 133 Å². The Morgan fingerprint density at radius 3 is 2.70 bits per heavy atom. The zero-order valence-electron chi connectivity index (χ0n) is 12.9. The highest BCUT2D eigenvalue weighted by atomic mass is 19.2. The normalized spacial score (nSPS) is 13.4. The number of hydrogen-bond acceptors (Lipinski definition) is 3. The Hall–Kier alpha value is -2.34. The quantitative estimate of drug-likeness (QED) is 0.890. The molecule has 1 aromatic carbocycles. The first-order valence-electron chi connectivity index (χ1n) is 7.30. The van der Waals surface area contributed by atoms with Crippen molar-refractivity contribution in [3.8, 4) is 0 Å². The number of amides is 1. The number of aliphatic hydroxyl groups is 1. The van der Waals surface area contributed by atoms with Gasteiger partial charge in [-0.05, 0) is 42.7 Å². The van der Waals surface area contributed by atoms with Gasteiger partial charge in [-0.2, -0.15) is 0 Å². The van der Waals surface area contributed by atoms with Crippen molar-refractivity contribution in [3.63, 3.8) is 0 Å². The molecule has 0 saturated heterocycles. The minimum Gasteiger partial charge on any atom is -0.386 e. The number of aliphatic hydroxyl groups excluding tert-OH is 1. The lowest BCUT2D eigenvalue weighted by atomic mass is 10.0. The van der Waals surface area contributed by atoms with Gasteiger partial charge in [0.25, 0.3) is 5.91 Å². The fraction of sp³-hybridized carbons (Fsp3) is 0.294. The molecule has 1 heterocycles. The largest absolute Gasteiger partial charge is 0.386 e.